The highest BCUT2D eigenvalue weighted by atomic mass is 32.1. The lowest BCUT2D eigenvalue weighted by Crippen LogP contribution is -2.12. The Morgan fingerprint density at radius 1 is 1.12 bits per heavy atom. The summed E-state index contributed by atoms with van der Waals surface area (Å²) in [6, 6.07) is 10.5. The van der Waals surface area contributed by atoms with Gasteiger partial charge in [0.1, 0.15) is 5.69 Å². The lowest BCUT2D eigenvalue weighted by molar-refractivity contribution is -0.141. The molecule has 0 saturated heterocycles. The van der Waals surface area contributed by atoms with E-state index in [9.17, 15) is 13.2 Å². The quantitative estimate of drug-likeness (QED) is 0.667. The molecule has 1 unspecified atom stereocenters. The number of alkyl halides is 3. The molecule has 0 aliphatic rings. The summed E-state index contributed by atoms with van der Waals surface area (Å²) in [5, 5.41) is 4.88. The van der Waals surface area contributed by atoms with Gasteiger partial charge >= 0.3 is 6.18 Å². The Morgan fingerprint density at radius 2 is 1.88 bits per heavy atom. The second-order valence-corrected chi connectivity index (χ2v) is 6.45. The number of aromatic nitrogens is 3. The smallest absolute Gasteiger partial charge is 0.323 e. The predicted molar refractivity (Wildman–Crippen MR) is 94.1 cm³/mol. The number of halogens is 3. The molecule has 3 aromatic rings. The highest BCUT2D eigenvalue weighted by Gasteiger charge is 2.32. The number of aryl methyl sites for hydroxylation is 1. The first-order chi connectivity index (χ1) is 12.4. The number of nitrogens with one attached hydrogen (secondary N) is 1. The molecule has 3 rings (SSSR count). The van der Waals surface area contributed by atoms with Crippen LogP contribution in [-0.4, -0.2) is 15.0 Å². The van der Waals surface area contributed by atoms with Crippen LogP contribution in [-0.2, 0) is 12.6 Å². The van der Waals surface area contributed by atoms with Crippen molar-refractivity contribution in [3.8, 4) is 0 Å². The Kier molecular flexibility index (Phi) is 5.48. The average Bonchev–Trinajstić information content (AvgIpc) is 3.09. The highest BCUT2D eigenvalue weighted by molar-refractivity contribution is 7.13. The number of thiazole rings is 1. The molecular formula is C17H16F3N5S. The maximum atomic E-state index is 12.7. The van der Waals surface area contributed by atoms with Crippen molar-refractivity contribution in [3.63, 3.8) is 0 Å². The summed E-state index contributed by atoms with van der Waals surface area (Å²) in [7, 11) is 0. The molecule has 3 N–H and O–H groups in total. The number of nitrogens with zero attached hydrogens (tertiary/aromatic N) is 3. The molecule has 0 aliphatic carbocycles. The largest absolute Gasteiger partial charge is 0.433 e. The van der Waals surface area contributed by atoms with Crippen LogP contribution in [0.5, 0.6) is 0 Å². The van der Waals surface area contributed by atoms with Crippen LogP contribution < -0.4 is 11.1 Å². The minimum Gasteiger partial charge on any atom is -0.323 e. The fraction of sp³-hybridized carbons (Fsp3) is 0.235. The zero-order valence-corrected chi connectivity index (χ0v) is 14.4. The molecule has 9 heteroatoms. The first-order valence-corrected chi connectivity index (χ1v) is 8.72. The number of benzene rings is 1. The molecule has 0 amide bonds. The van der Waals surface area contributed by atoms with E-state index in [2.05, 4.69) is 20.3 Å². The minimum absolute atomic E-state index is 0.154. The summed E-state index contributed by atoms with van der Waals surface area (Å²) in [5.41, 5.74) is 7.03. The van der Waals surface area contributed by atoms with Crippen LogP contribution in [0, 0.1) is 0 Å². The van der Waals surface area contributed by atoms with Crippen molar-refractivity contribution in [1.82, 2.24) is 15.0 Å². The van der Waals surface area contributed by atoms with Gasteiger partial charge in [-0.1, -0.05) is 30.3 Å². The van der Waals surface area contributed by atoms with Crippen molar-refractivity contribution in [1.29, 1.82) is 0 Å². The van der Waals surface area contributed by atoms with Crippen LogP contribution in [0.3, 0.4) is 0 Å². The monoisotopic (exact) mass is 379 g/mol. The molecular weight excluding hydrogens is 363 g/mol. The van der Waals surface area contributed by atoms with E-state index >= 15 is 0 Å². The summed E-state index contributed by atoms with van der Waals surface area (Å²) in [6.45, 7) is 0. The zero-order chi connectivity index (χ0) is 18.6. The Bertz CT molecular complexity index is 851. The topological polar surface area (TPSA) is 76.7 Å². The average molecular weight is 379 g/mol. The van der Waals surface area contributed by atoms with Crippen LogP contribution in [0.15, 0.2) is 48.0 Å². The minimum atomic E-state index is -4.52. The van der Waals surface area contributed by atoms with Gasteiger partial charge in [0, 0.05) is 17.6 Å². The SMILES string of the molecule is NC(CCc1ccccc1)c1csc(Nc2nccc(C(F)(F)F)n2)n1. The number of hydrogen-bond donors (Lipinski definition) is 2. The molecule has 0 saturated carbocycles. The van der Waals surface area contributed by atoms with E-state index in [1.54, 1.807) is 5.38 Å². The van der Waals surface area contributed by atoms with Crippen molar-refractivity contribution in [2.24, 2.45) is 5.73 Å². The fourth-order valence-electron chi connectivity index (χ4n) is 2.30. The summed E-state index contributed by atoms with van der Waals surface area (Å²) < 4.78 is 38.1. The van der Waals surface area contributed by atoms with Gasteiger partial charge in [0.25, 0.3) is 0 Å². The van der Waals surface area contributed by atoms with Crippen LogP contribution in [0.4, 0.5) is 24.3 Å². The van der Waals surface area contributed by atoms with Gasteiger partial charge in [-0.25, -0.2) is 15.0 Å². The van der Waals surface area contributed by atoms with Crippen LogP contribution in [0.2, 0.25) is 0 Å². The molecule has 0 aliphatic heterocycles. The molecule has 2 aromatic heterocycles. The highest BCUT2D eigenvalue weighted by Crippen LogP contribution is 2.29. The molecule has 1 atom stereocenters. The molecule has 136 valence electrons. The van der Waals surface area contributed by atoms with E-state index in [1.165, 1.54) is 16.9 Å². The van der Waals surface area contributed by atoms with Crippen LogP contribution in [0.1, 0.15) is 29.4 Å². The van der Waals surface area contributed by atoms with Gasteiger partial charge in [0.15, 0.2) is 5.13 Å². The van der Waals surface area contributed by atoms with E-state index in [1.807, 2.05) is 30.3 Å². The molecule has 0 fully saturated rings. The molecule has 5 nitrogen and oxygen atoms in total. The first kappa shape index (κ1) is 18.3. The predicted octanol–water partition coefficient (Wildman–Crippen LogP) is 4.33. The summed E-state index contributed by atoms with van der Waals surface area (Å²) in [4.78, 5) is 11.6. The Morgan fingerprint density at radius 3 is 2.62 bits per heavy atom. The zero-order valence-electron chi connectivity index (χ0n) is 13.6. The maximum absolute atomic E-state index is 12.7. The number of hydrogen-bond acceptors (Lipinski definition) is 6. The maximum Gasteiger partial charge on any atom is 0.433 e. The van der Waals surface area contributed by atoms with Crippen molar-refractivity contribution < 1.29 is 13.2 Å². The summed E-state index contributed by atoms with van der Waals surface area (Å²) >= 11 is 1.24. The van der Waals surface area contributed by atoms with E-state index in [4.69, 9.17) is 5.73 Å². The van der Waals surface area contributed by atoms with Gasteiger partial charge in [0.2, 0.25) is 5.95 Å². The van der Waals surface area contributed by atoms with Gasteiger partial charge < -0.3 is 11.1 Å². The molecule has 0 spiro atoms. The van der Waals surface area contributed by atoms with Gasteiger partial charge in [-0.3, -0.25) is 0 Å². The normalized spacial score (nSPS) is 12.8. The third kappa shape index (κ3) is 4.77. The Labute approximate surface area is 152 Å². The van der Waals surface area contributed by atoms with Gasteiger partial charge in [-0.2, -0.15) is 13.2 Å². The third-order valence-electron chi connectivity index (χ3n) is 3.65. The molecule has 1 aromatic carbocycles. The summed E-state index contributed by atoms with van der Waals surface area (Å²) in [5.74, 6) is -0.154. The van der Waals surface area contributed by atoms with E-state index in [0.717, 1.165) is 18.7 Å². The standard InChI is InChI=1S/C17H16F3N5S/c18-17(19,20)14-8-9-22-15(24-14)25-16-23-13(10-26-16)12(21)7-6-11-4-2-1-3-5-11/h1-5,8-10,12H,6-7,21H2,(H,22,23,24,25). The molecule has 0 bridgehead atoms. The van der Waals surface area contributed by atoms with Crippen molar-refractivity contribution in [3.05, 3.63) is 64.9 Å². The van der Waals surface area contributed by atoms with E-state index in [0.29, 0.717) is 17.2 Å². The van der Waals surface area contributed by atoms with Gasteiger partial charge in [0.05, 0.1) is 5.69 Å². The van der Waals surface area contributed by atoms with Crippen molar-refractivity contribution >= 4 is 22.4 Å². The van der Waals surface area contributed by atoms with E-state index in [-0.39, 0.29) is 12.0 Å². The fourth-order valence-corrected chi connectivity index (χ4v) is 3.07. The number of anilines is 2. The van der Waals surface area contributed by atoms with Gasteiger partial charge in [-0.15, -0.1) is 11.3 Å². The number of rotatable bonds is 6. The second kappa shape index (κ2) is 7.79. The Balaban J connectivity index is 1.62. The first-order valence-electron chi connectivity index (χ1n) is 7.84. The van der Waals surface area contributed by atoms with E-state index < -0.39 is 11.9 Å². The lowest BCUT2D eigenvalue weighted by atomic mass is 10.0. The lowest BCUT2D eigenvalue weighted by Gasteiger charge is -2.09. The Hall–Kier alpha value is -2.52. The molecule has 2 heterocycles. The molecule has 0 radical (unpaired) electrons. The van der Waals surface area contributed by atoms with Crippen molar-refractivity contribution in [2.75, 3.05) is 5.32 Å². The molecule has 26 heavy (non-hydrogen) atoms. The summed E-state index contributed by atoms with van der Waals surface area (Å²) in [6.07, 6.45) is -1.93. The second-order valence-electron chi connectivity index (χ2n) is 5.60. The number of nitrogens with two attached hydrogens (primary N) is 1. The van der Waals surface area contributed by atoms with Gasteiger partial charge in [-0.05, 0) is 24.5 Å². The van der Waals surface area contributed by atoms with Crippen LogP contribution >= 0.6 is 11.3 Å². The van der Waals surface area contributed by atoms with Crippen LogP contribution in [0.25, 0.3) is 0 Å². The third-order valence-corrected chi connectivity index (χ3v) is 4.43. The van der Waals surface area contributed by atoms with Crippen molar-refractivity contribution in [2.45, 2.75) is 25.1 Å².